The Morgan fingerprint density at radius 2 is 2.05 bits per heavy atom. The van der Waals surface area contributed by atoms with Gasteiger partial charge >= 0.3 is 0 Å². The standard InChI is InChI=1S/C15H12ClNOS/c1-10-6-7-11(16)8-13(10)18-9-15-17-12-4-2-3-5-14(12)19-15/h2-8H,9H2,1H3. The van der Waals surface area contributed by atoms with E-state index < -0.39 is 0 Å². The van der Waals surface area contributed by atoms with Crippen LogP contribution in [0, 0.1) is 6.92 Å². The molecule has 0 N–H and O–H groups in total. The number of para-hydroxylation sites is 1. The normalized spacial score (nSPS) is 10.8. The highest BCUT2D eigenvalue weighted by Gasteiger charge is 2.05. The number of ether oxygens (including phenoxy) is 1. The van der Waals surface area contributed by atoms with Gasteiger partial charge in [0, 0.05) is 5.02 Å². The van der Waals surface area contributed by atoms with Crippen LogP contribution in [0.5, 0.6) is 5.75 Å². The Kier molecular flexibility index (Phi) is 3.40. The number of thiazole rings is 1. The van der Waals surface area contributed by atoms with Crippen molar-refractivity contribution in [2.24, 2.45) is 0 Å². The first-order chi connectivity index (χ1) is 9.22. The van der Waals surface area contributed by atoms with Crippen molar-refractivity contribution >= 4 is 33.2 Å². The predicted molar refractivity (Wildman–Crippen MR) is 80.1 cm³/mol. The molecule has 3 rings (SSSR count). The van der Waals surface area contributed by atoms with Crippen LogP contribution < -0.4 is 4.74 Å². The maximum Gasteiger partial charge on any atom is 0.140 e. The maximum absolute atomic E-state index is 5.97. The molecule has 2 aromatic carbocycles. The largest absolute Gasteiger partial charge is 0.486 e. The third-order valence-electron chi connectivity index (χ3n) is 2.84. The summed E-state index contributed by atoms with van der Waals surface area (Å²) >= 11 is 7.63. The molecule has 1 heterocycles. The molecule has 0 saturated heterocycles. The van der Waals surface area contributed by atoms with E-state index in [2.05, 4.69) is 11.1 Å². The molecule has 0 saturated carbocycles. The summed E-state index contributed by atoms with van der Waals surface area (Å²) in [7, 11) is 0. The second-order valence-electron chi connectivity index (χ2n) is 4.27. The van der Waals surface area contributed by atoms with Crippen LogP contribution >= 0.6 is 22.9 Å². The number of aryl methyl sites for hydroxylation is 1. The molecule has 19 heavy (non-hydrogen) atoms. The third-order valence-corrected chi connectivity index (χ3v) is 4.08. The number of rotatable bonds is 3. The topological polar surface area (TPSA) is 22.1 Å². The molecule has 0 aliphatic rings. The van der Waals surface area contributed by atoms with Gasteiger partial charge in [-0.15, -0.1) is 11.3 Å². The molecule has 0 unspecified atom stereocenters. The Morgan fingerprint density at radius 1 is 1.21 bits per heavy atom. The molecule has 0 aliphatic heterocycles. The van der Waals surface area contributed by atoms with E-state index in [1.807, 2.05) is 43.3 Å². The van der Waals surface area contributed by atoms with E-state index in [9.17, 15) is 0 Å². The zero-order valence-corrected chi connectivity index (χ0v) is 12.0. The Bertz CT molecular complexity index is 690. The smallest absolute Gasteiger partial charge is 0.140 e. The van der Waals surface area contributed by atoms with Gasteiger partial charge in [-0.25, -0.2) is 4.98 Å². The van der Waals surface area contributed by atoms with E-state index in [-0.39, 0.29) is 0 Å². The van der Waals surface area contributed by atoms with Gasteiger partial charge in [-0.05, 0) is 36.8 Å². The van der Waals surface area contributed by atoms with E-state index in [1.54, 1.807) is 11.3 Å². The highest BCUT2D eigenvalue weighted by atomic mass is 35.5. The van der Waals surface area contributed by atoms with Crippen LogP contribution in [0.3, 0.4) is 0 Å². The van der Waals surface area contributed by atoms with Gasteiger partial charge in [0.2, 0.25) is 0 Å². The maximum atomic E-state index is 5.97. The van der Waals surface area contributed by atoms with Gasteiger partial charge in [0.15, 0.2) is 0 Å². The van der Waals surface area contributed by atoms with Crippen molar-refractivity contribution in [1.82, 2.24) is 4.98 Å². The van der Waals surface area contributed by atoms with Crippen molar-refractivity contribution in [2.75, 3.05) is 0 Å². The number of aromatic nitrogens is 1. The minimum absolute atomic E-state index is 0.473. The fourth-order valence-electron chi connectivity index (χ4n) is 1.85. The van der Waals surface area contributed by atoms with Crippen molar-refractivity contribution < 1.29 is 4.74 Å². The number of halogens is 1. The summed E-state index contributed by atoms with van der Waals surface area (Å²) in [6.45, 7) is 2.48. The fourth-order valence-corrected chi connectivity index (χ4v) is 2.89. The van der Waals surface area contributed by atoms with Crippen LogP contribution in [-0.2, 0) is 6.61 Å². The van der Waals surface area contributed by atoms with E-state index in [0.717, 1.165) is 21.8 Å². The molecular weight excluding hydrogens is 278 g/mol. The van der Waals surface area contributed by atoms with E-state index in [1.165, 1.54) is 4.70 Å². The van der Waals surface area contributed by atoms with Crippen molar-refractivity contribution in [1.29, 1.82) is 0 Å². The van der Waals surface area contributed by atoms with Crippen LogP contribution in [-0.4, -0.2) is 4.98 Å². The Labute approximate surface area is 120 Å². The Balaban J connectivity index is 1.80. The fraction of sp³-hybridized carbons (Fsp3) is 0.133. The highest BCUT2D eigenvalue weighted by molar-refractivity contribution is 7.18. The summed E-state index contributed by atoms with van der Waals surface area (Å²) in [5.74, 6) is 0.812. The summed E-state index contributed by atoms with van der Waals surface area (Å²) in [5, 5.41) is 1.66. The van der Waals surface area contributed by atoms with E-state index >= 15 is 0 Å². The summed E-state index contributed by atoms with van der Waals surface area (Å²) in [6.07, 6.45) is 0. The van der Waals surface area contributed by atoms with Crippen LogP contribution in [0.25, 0.3) is 10.2 Å². The van der Waals surface area contributed by atoms with Gasteiger partial charge in [0.05, 0.1) is 10.2 Å². The second-order valence-corrected chi connectivity index (χ2v) is 5.83. The van der Waals surface area contributed by atoms with Gasteiger partial charge in [-0.1, -0.05) is 29.8 Å². The van der Waals surface area contributed by atoms with Gasteiger partial charge in [0.1, 0.15) is 17.4 Å². The van der Waals surface area contributed by atoms with Crippen molar-refractivity contribution in [3.63, 3.8) is 0 Å². The first-order valence-electron chi connectivity index (χ1n) is 5.96. The lowest BCUT2D eigenvalue weighted by Gasteiger charge is -2.07. The van der Waals surface area contributed by atoms with Gasteiger partial charge in [-0.2, -0.15) is 0 Å². The molecule has 0 fully saturated rings. The predicted octanol–water partition coefficient (Wildman–Crippen LogP) is 4.84. The number of hydrogen-bond donors (Lipinski definition) is 0. The minimum atomic E-state index is 0.473. The number of nitrogens with zero attached hydrogens (tertiary/aromatic N) is 1. The lowest BCUT2D eigenvalue weighted by atomic mass is 10.2. The minimum Gasteiger partial charge on any atom is -0.486 e. The highest BCUT2D eigenvalue weighted by Crippen LogP contribution is 2.26. The lowest BCUT2D eigenvalue weighted by Crippen LogP contribution is -1.96. The molecule has 0 amide bonds. The molecule has 0 bridgehead atoms. The second kappa shape index (κ2) is 5.19. The molecule has 0 aliphatic carbocycles. The lowest BCUT2D eigenvalue weighted by molar-refractivity contribution is 0.304. The number of fused-ring (bicyclic) bond motifs is 1. The van der Waals surface area contributed by atoms with E-state index in [4.69, 9.17) is 16.3 Å². The molecule has 0 radical (unpaired) electrons. The molecule has 2 nitrogen and oxygen atoms in total. The molecule has 96 valence electrons. The average molecular weight is 290 g/mol. The first kappa shape index (κ1) is 12.5. The third kappa shape index (κ3) is 2.72. The quantitative estimate of drug-likeness (QED) is 0.688. The molecule has 1 aromatic heterocycles. The van der Waals surface area contributed by atoms with Gasteiger partial charge in [0.25, 0.3) is 0 Å². The average Bonchev–Trinajstić information content (AvgIpc) is 2.82. The zero-order chi connectivity index (χ0) is 13.2. The molecule has 3 aromatic rings. The van der Waals surface area contributed by atoms with Crippen molar-refractivity contribution in [3.8, 4) is 5.75 Å². The van der Waals surface area contributed by atoms with Crippen LogP contribution in [0.15, 0.2) is 42.5 Å². The van der Waals surface area contributed by atoms with Crippen LogP contribution in [0.2, 0.25) is 5.02 Å². The number of benzene rings is 2. The molecule has 4 heteroatoms. The first-order valence-corrected chi connectivity index (χ1v) is 7.15. The monoisotopic (exact) mass is 289 g/mol. The van der Waals surface area contributed by atoms with Gasteiger partial charge < -0.3 is 4.74 Å². The summed E-state index contributed by atoms with van der Waals surface area (Å²) in [5.41, 5.74) is 2.10. The zero-order valence-electron chi connectivity index (χ0n) is 10.4. The summed E-state index contributed by atoms with van der Waals surface area (Å²) < 4.78 is 6.98. The van der Waals surface area contributed by atoms with Crippen LogP contribution in [0.1, 0.15) is 10.6 Å². The van der Waals surface area contributed by atoms with E-state index in [0.29, 0.717) is 11.6 Å². The Morgan fingerprint density at radius 3 is 2.89 bits per heavy atom. The summed E-state index contributed by atoms with van der Waals surface area (Å²) in [6, 6.07) is 13.8. The van der Waals surface area contributed by atoms with Gasteiger partial charge in [-0.3, -0.25) is 0 Å². The van der Waals surface area contributed by atoms with Crippen molar-refractivity contribution in [3.05, 3.63) is 58.1 Å². The number of hydrogen-bond acceptors (Lipinski definition) is 3. The Hall–Kier alpha value is -1.58. The molecular formula is C15H12ClNOS. The van der Waals surface area contributed by atoms with Crippen molar-refractivity contribution in [2.45, 2.75) is 13.5 Å². The van der Waals surface area contributed by atoms with Crippen LogP contribution in [0.4, 0.5) is 0 Å². The molecule has 0 spiro atoms. The molecule has 0 atom stereocenters. The summed E-state index contributed by atoms with van der Waals surface area (Å²) in [4.78, 5) is 4.54. The SMILES string of the molecule is Cc1ccc(Cl)cc1OCc1nc2ccccc2s1.